The van der Waals surface area contributed by atoms with Crippen molar-refractivity contribution in [2.45, 2.75) is 23.7 Å². The van der Waals surface area contributed by atoms with Crippen molar-refractivity contribution < 1.29 is 17.4 Å². The van der Waals surface area contributed by atoms with Gasteiger partial charge in [0, 0.05) is 5.69 Å². The van der Waals surface area contributed by atoms with E-state index in [-0.39, 0.29) is 16.3 Å². The number of nitrogens with two attached hydrogens (primary N) is 1. The van der Waals surface area contributed by atoms with E-state index in [1.165, 1.54) is 6.07 Å². The van der Waals surface area contributed by atoms with Gasteiger partial charge in [-0.15, -0.1) is 0 Å². The zero-order valence-corrected chi connectivity index (χ0v) is 12.1. The topological polar surface area (TPSA) is 43.1 Å². The van der Waals surface area contributed by atoms with Crippen molar-refractivity contribution >= 4 is 16.5 Å². The highest BCUT2D eigenvalue weighted by atomic mass is 32.2. The number of alkyl halides is 3. The molecule has 2 nitrogen and oxygen atoms in total. The zero-order valence-electron chi connectivity index (χ0n) is 11.3. The van der Waals surface area contributed by atoms with Gasteiger partial charge in [-0.1, -0.05) is 29.8 Å². The van der Waals surface area contributed by atoms with Gasteiger partial charge in [0.25, 0.3) is 0 Å². The van der Waals surface area contributed by atoms with E-state index in [9.17, 15) is 17.4 Å². The summed E-state index contributed by atoms with van der Waals surface area (Å²) < 4.78 is 49.9. The number of hydrogen-bond donors (Lipinski definition) is 1. The molecule has 0 radical (unpaired) electrons. The molecule has 6 heteroatoms. The minimum Gasteiger partial charge on any atom is -0.398 e. The van der Waals surface area contributed by atoms with E-state index in [4.69, 9.17) is 5.73 Å². The molecule has 0 amide bonds. The number of rotatable bonds is 3. The molecule has 2 aromatic carbocycles. The maximum atomic E-state index is 12.6. The van der Waals surface area contributed by atoms with Gasteiger partial charge < -0.3 is 5.73 Å². The highest BCUT2D eigenvalue weighted by molar-refractivity contribution is 7.84. The number of halogens is 3. The van der Waals surface area contributed by atoms with Gasteiger partial charge >= 0.3 is 6.18 Å². The van der Waals surface area contributed by atoms with Crippen molar-refractivity contribution in [3.05, 3.63) is 59.2 Å². The molecule has 0 saturated heterocycles. The summed E-state index contributed by atoms with van der Waals surface area (Å²) in [6, 6.07) is 10.4. The number of anilines is 1. The fourth-order valence-corrected chi connectivity index (χ4v) is 3.14. The molecule has 0 aliphatic heterocycles. The SMILES string of the molecule is Cc1cccc(CS(=O)c2ccc(C(F)(F)F)cc2N)c1. The van der Waals surface area contributed by atoms with Crippen molar-refractivity contribution in [3.8, 4) is 0 Å². The van der Waals surface area contributed by atoms with E-state index in [1.807, 2.05) is 31.2 Å². The van der Waals surface area contributed by atoms with Crippen LogP contribution in [0.4, 0.5) is 18.9 Å². The summed E-state index contributed by atoms with van der Waals surface area (Å²) in [5, 5.41) is 0. The molecule has 0 fully saturated rings. The molecule has 2 rings (SSSR count). The second kappa shape index (κ2) is 5.89. The molecule has 2 aromatic rings. The van der Waals surface area contributed by atoms with Gasteiger partial charge in [-0.25, -0.2) is 0 Å². The van der Waals surface area contributed by atoms with Crippen molar-refractivity contribution in [1.82, 2.24) is 0 Å². The second-order valence-corrected chi connectivity index (χ2v) is 6.15. The Morgan fingerprint density at radius 3 is 2.43 bits per heavy atom. The maximum Gasteiger partial charge on any atom is 0.416 e. The monoisotopic (exact) mass is 313 g/mol. The van der Waals surface area contributed by atoms with E-state index in [0.29, 0.717) is 0 Å². The molecular weight excluding hydrogens is 299 g/mol. The van der Waals surface area contributed by atoms with Crippen LogP contribution in [0.1, 0.15) is 16.7 Å². The van der Waals surface area contributed by atoms with Gasteiger partial charge in [-0.3, -0.25) is 4.21 Å². The Hall–Kier alpha value is -1.82. The lowest BCUT2D eigenvalue weighted by molar-refractivity contribution is -0.137. The normalized spacial score (nSPS) is 13.1. The van der Waals surface area contributed by atoms with Crippen LogP contribution in [-0.4, -0.2) is 4.21 Å². The smallest absolute Gasteiger partial charge is 0.398 e. The van der Waals surface area contributed by atoms with Crippen LogP contribution in [0, 0.1) is 6.92 Å². The Morgan fingerprint density at radius 1 is 1.14 bits per heavy atom. The summed E-state index contributed by atoms with van der Waals surface area (Å²) >= 11 is 0. The first-order chi connectivity index (χ1) is 9.77. The van der Waals surface area contributed by atoms with Gasteiger partial charge in [0.15, 0.2) is 0 Å². The molecule has 21 heavy (non-hydrogen) atoms. The van der Waals surface area contributed by atoms with Crippen molar-refractivity contribution in [2.24, 2.45) is 0 Å². The van der Waals surface area contributed by atoms with Crippen LogP contribution >= 0.6 is 0 Å². The zero-order chi connectivity index (χ0) is 15.6. The standard InChI is InChI=1S/C15H14F3NOS/c1-10-3-2-4-11(7-10)9-21(20)14-6-5-12(8-13(14)19)15(16,17)18/h2-8H,9,19H2,1H3. The summed E-state index contributed by atoms with van der Waals surface area (Å²) in [6.45, 7) is 1.92. The summed E-state index contributed by atoms with van der Waals surface area (Å²) in [5.41, 5.74) is 6.56. The average molecular weight is 313 g/mol. The average Bonchev–Trinajstić information content (AvgIpc) is 2.37. The predicted molar refractivity (Wildman–Crippen MR) is 77.1 cm³/mol. The first kappa shape index (κ1) is 15.6. The molecule has 0 spiro atoms. The van der Waals surface area contributed by atoms with E-state index in [2.05, 4.69) is 0 Å². The third kappa shape index (κ3) is 3.85. The van der Waals surface area contributed by atoms with Gasteiger partial charge in [0.2, 0.25) is 0 Å². The molecule has 112 valence electrons. The van der Waals surface area contributed by atoms with Gasteiger partial charge in [0.05, 0.1) is 27.0 Å². The third-order valence-corrected chi connectivity index (χ3v) is 4.42. The lowest BCUT2D eigenvalue weighted by Crippen LogP contribution is -2.08. The largest absolute Gasteiger partial charge is 0.416 e. The Morgan fingerprint density at radius 2 is 1.86 bits per heavy atom. The van der Waals surface area contributed by atoms with Gasteiger partial charge in [-0.05, 0) is 30.7 Å². The number of aryl methyl sites for hydroxylation is 1. The summed E-state index contributed by atoms with van der Waals surface area (Å²) in [4.78, 5) is 0.226. The molecule has 0 bridgehead atoms. The molecule has 0 aromatic heterocycles. The summed E-state index contributed by atoms with van der Waals surface area (Å²) in [5.74, 6) is 0.219. The Kier molecular flexibility index (Phi) is 4.37. The van der Waals surface area contributed by atoms with E-state index in [1.54, 1.807) is 0 Å². The Bertz CT molecular complexity index is 683. The molecule has 0 aliphatic rings. The number of benzene rings is 2. The van der Waals surface area contributed by atoms with Crippen LogP contribution in [0.5, 0.6) is 0 Å². The Labute approximate surface area is 123 Å². The van der Waals surface area contributed by atoms with Crippen LogP contribution < -0.4 is 5.73 Å². The fraction of sp³-hybridized carbons (Fsp3) is 0.200. The summed E-state index contributed by atoms with van der Waals surface area (Å²) in [7, 11) is -1.48. The predicted octanol–water partition coefficient (Wildman–Crippen LogP) is 3.90. The van der Waals surface area contributed by atoms with Crippen molar-refractivity contribution in [2.75, 3.05) is 5.73 Å². The highest BCUT2D eigenvalue weighted by Crippen LogP contribution is 2.32. The van der Waals surface area contributed by atoms with Crippen molar-refractivity contribution in [1.29, 1.82) is 0 Å². The third-order valence-electron chi connectivity index (χ3n) is 2.96. The lowest BCUT2D eigenvalue weighted by Gasteiger charge is -2.11. The lowest BCUT2D eigenvalue weighted by atomic mass is 10.2. The van der Waals surface area contributed by atoms with Crippen LogP contribution in [0.15, 0.2) is 47.4 Å². The van der Waals surface area contributed by atoms with Crippen molar-refractivity contribution in [3.63, 3.8) is 0 Å². The van der Waals surface area contributed by atoms with E-state index >= 15 is 0 Å². The highest BCUT2D eigenvalue weighted by Gasteiger charge is 2.31. The van der Waals surface area contributed by atoms with Gasteiger partial charge in [0.1, 0.15) is 0 Å². The molecule has 0 heterocycles. The van der Waals surface area contributed by atoms with Gasteiger partial charge in [-0.2, -0.15) is 13.2 Å². The van der Waals surface area contributed by atoms with Crippen LogP contribution in [0.3, 0.4) is 0 Å². The van der Waals surface area contributed by atoms with Crippen LogP contribution in [0.25, 0.3) is 0 Å². The molecule has 0 aliphatic carbocycles. The van der Waals surface area contributed by atoms with Crippen LogP contribution in [0.2, 0.25) is 0 Å². The fourth-order valence-electron chi connectivity index (χ4n) is 1.96. The minimum absolute atomic E-state index is 0.101. The van der Waals surface area contributed by atoms with Crippen LogP contribution in [-0.2, 0) is 22.7 Å². The maximum absolute atomic E-state index is 12.6. The first-order valence-electron chi connectivity index (χ1n) is 6.18. The van der Waals surface area contributed by atoms with E-state index < -0.39 is 22.5 Å². The molecule has 1 atom stereocenters. The molecular formula is C15H14F3NOS. The first-order valence-corrected chi connectivity index (χ1v) is 7.50. The number of nitrogen functional groups attached to an aromatic ring is 1. The molecule has 1 unspecified atom stereocenters. The minimum atomic E-state index is -4.45. The Balaban J connectivity index is 2.24. The molecule has 0 saturated carbocycles. The quantitative estimate of drug-likeness (QED) is 0.873. The second-order valence-electron chi connectivity index (χ2n) is 4.73. The van der Waals surface area contributed by atoms with E-state index in [0.717, 1.165) is 23.3 Å². The number of hydrogen-bond acceptors (Lipinski definition) is 2. The summed E-state index contributed by atoms with van der Waals surface area (Å²) in [6.07, 6.45) is -4.45. The molecule has 2 N–H and O–H groups in total.